The average Bonchev–Trinajstić information content (AvgIpc) is 2.95. The Kier molecular flexibility index (Phi) is 30.2. The molecule has 0 aliphatic heterocycles. The maximum atomic E-state index is 11.3. The molecule has 246 valence electrons. The van der Waals surface area contributed by atoms with Gasteiger partial charge in [0.2, 0.25) is 21.8 Å². The highest BCUT2D eigenvalue weighted by atomic mass is 33.1. The van der Waals surface area contributed by atoms with Crippen molar-refractivity contribution in [3.63, 3.8) is 0 Å². The zero-order valence-corrected chi connectivity index (χ0v) is 32.4. The van der Waals surface area contributed by atoms with E-state index < -0.39 is 40.9 Å². The Hall–Kier alpha value is 1.63. The Morgan fingerprint density at radius 3 is 1.40 bits per heavy atom. The van der Waals surface area contributed by atoms with Crippen LogP contribution in [0.15, 0.2) is 0 Å². The molecule has 0 amide bonds. The molecule has 0 saturated heterocycles. The Balaban J connectivity index is 0. The van der Waals surface area contributed by atoms with Gasteiger partial charge in [-0.1, -0.05) is 10.8 Å². The van der Waals surface area contributed by atoms with E-state index in [0.29, 0.717) is 26.4 Å². The van der Waals surface area contributed by atoms with Crippen LogP contribution in [-0.2, 0) is 27.9 Å². The van der Waals surface area contributed by atoms with E-state index in [-0.39, 0.29) is 17.5 Å². The molecular formula is C19H32O11S12. The van der Waals surface area contributed by atoms with E-state index in [1.807, 2.05) is 0 Å². The molecule has 0 rings (SSSR count). The lowest BCUT2D eigenvalue weighted by atomic mass is 9.91. The lowest BCUT2D eigenvalue weighted by Crippen LogP contribution is -2.55. The van der Waals surface area contributed by atoms with E-state index in [1.54, 1.807) is 27.7 Å². The molecule has 0 aromatic rings. The van der Waals surface area contributed by atoms with E-state index in [4.69, 9.17) is 87.0 Å². The van der Waals surface area contributed by atoms with Crippen LogP contribution in [0, 0.1) is 5.41 Å². The van der Waals surface area contributed by atoms with Gasteiger partial charge in [0.05, 0.1) is 50.7 Å². The fourth-order valence-electron chi connectivity index (χ4n) is 1.85. The fraction of sp³-hybridized carbons (Fsp3) is 0.737. The Labute approximate surface area is 298 Å². The second-order valence-electron chi connectivity index (χ2n) is 6.41. The molecule has 1 atom stereocenters. The van der Waals surface area contributed by atoms with Gasteiger partial charge in [-0.2, -0.15) is 0 Å². The molecule has 0 aliphatic rings. The Morgan fingerprint density at radius 1 is 0.714 bits per heavy atom. The second-order valence-corrected chi connectivity index (χ2v) is 17.7. The average molecular weight is 821 g/mol. The molecule has 23 heteroatoms. The summed E-state index contributed by atoms with van der Waals surface area (Å²) in [6.45, 7) is 6.43. The van der Waals surface area contributed by atoms with Gasteiger partial charge in [0.25, 0.3) is 0 Å². The first-order chi connectivity index (χ1) is 19.9. The molecule has 11 nitrogen and oxygen atoms in total. The number of aliphatic hydroxyl groups is 4. The van der Waals surface area contributed by atoms with Crippen molar-refractivity contribution < 1.29 is 53.5 Å². The number of carbonyl (C=O) groups is 1. The molecule has 1 unspecified atom stereocenters. The minimum atomic E-state index is -1.70. The molecule has 42 heavy (non-hydrogen) atoms. The number of hydrogen-bond acceptors (Lipinski definition) is 22. The first-order valence-corrected chi connectivity index (χ1v) is 21.6. The number of aliphatic carboxylic acids is 1. The highest BCUT2D eigenvalue weighted by Crippen LogP contribution is 2.64. The van der Waals surface area contributed by atoms with Crippen LogP contribution in [0.2, 0.25) is 0 Å². The predicted octanol–water partition coefficient (Wildman–Crippen LogP) is 5.74. The molecule has 0 aromatic heterocycles. The summed E-state index contributed by atoms with van der Waals surface area (Å²) in [6.07, 6.45) is 0. The molecule has 0 aliphatic carbocycles. The molecule has 0 fully saturated rings. The van der Waals surface area contributed by atoms with Crippen LogP contribution in [0.3, 0.4) is 0 Å². The van der Waals surface area contributed by atoms with Crippen molar-refractivity contribution >= 4 is 159 Å². The van der Waals surface area contributed by atoms with Crippen LogP contribution in [0.1, 0.15) is 27.7 Å². The van der Waals surface area contributed by atoms with Crippen LogP contribution in [-0.4, -0.2) is 105 Å². The van der Waals surface area contributed by atoms with E-state index in [1.165, 1.54) is 0 Å². The van der Waals surface area contributed by atoms with Crippen molar-refractivity contribution in [3.05, 3.63) is 0 Å². The topological polar surface area (TPSA) is 164 Å². The molecule has 0 bridgehead atoms. The van der Waals surface area contributed by atoms with Crippen molar-refractivity contribution in [2.24, 2.45) is 5.41 Å². The van der Waals surface area contributed by atoms with Gasteiger partial charge in [-0.15, -0.1) is 0 Å². The summed E-state index contributed by atoms with van der Waals surface area (Å²) in [5.41, 5.74) is -3.11. The molecule has 0 spiro atoms. The third kappa shape index (κ3) is 18.7. The van der Waals surface area contributed by atoms with Crippen molar-refractivity contribution in [2.45, 2.75) is 37.4 Å². The first-order valence-electron chi connectivity index (χ1n) is 11.3. The van der Waals surface area contributed by atoms with Crippen molar-refractivity contribution in [3.8, 4) is 0 Å². The fourth-order valence-corrected chi connectivity index (χ4v) is 13.7. The Morgan fingerprint density at radius 2 is 1.07 bits per heavy atom. The SMILES string of the molecule is CCOC(=S)SSOC(SSC(=S)OCC)(SSC(=S)OCC)C(CO)(CO)C(O)SSC(=S)OCC.O=C(O)CO. The van der Waals surface area contributed by atoms with Gasteiger partial charge in [0.1, 0.15) is 17.5 Å². The maximum Gasteiger partial charge on any atom is 0.329 e. The normalized spacial score (nSPS) is 11.9. The van der Waals surface area contributed by atoms with Gasteiger partial charge >= 0.3 is 5.97 Å². The largest absolute Gasteiger partial charge is 0.480 e. The van der Waals surface area contributed by atoms with Crippen LogP contribution >= 0.6 is 136 Å². The van der Waals surface area contributed by atoms with Crippen LogP contribution in [0.25, 0.3) is 0 Å². The van der Waals surface area contributed by atoms with Crippen LogP contribution in [0.4, 0.5) is 0 Å². The van der Waals surface area contributed by atoms with E-state index in [0.717, 1.165) is 86.6 Å². The number of ether oxygens (including phenoxy) is 4. The summed E-state index contributed by atoms with van der Waals surface area (Å²) in [7, 11) is 7.10. The second kappa shape index (κ2) is 27.7. The molecule has 0 aromatic carbocycles. The van der Waals surface area contributed by atoms with Gasteiger partial charge in [-0.05, 0) is 131 Å². The number of thiocarbonyl (C=S) groups is 4. The van der Waals surface area contributed by atoms with Crippen molar-refractivity contribution in [1.29, 1.82) is 0 Å². The molecule has 0 radical (unpaired) electrons. The number of rotatable bonds is 18. The summed E-state index contributed by atoms with van der Waals surface area (Å²) in [4.78, 5) is 9.12. The lowest BCUT2D eigenvalue weighted by molar-refractivity contribution is -0.140. The van der Waals surface area contributed by atoms with Gasteiger partial charge in [0, 0.05) is 10.8 Å². The number of hydrogen-bond donors (Lipinski definition) is 5. The van der Waals surface area contributed by atoms with E-state index in [2.05, 4.69) is 0 Å². The maximum absolute atomic E-state index is 11.3. The van der Waals surface area contributed by atoms with Crippen LogP contribution in [0.5, 0.6) is 0 Å². The minimum Gasteiger partial charge on any atom is -0.480 e. The summed E-state index contributed by atoms with van der Waals surface area (Å²) in [5.74, 6) is -1.19. The van der Waals surface area contributed by atoms with Crippen molar-refractivity contribution in [1.82, 2.24) is 0 Å². The zero-order valence-electron chi connectivity index (χ0n) is 22.6. The third-order valence-corrected chi connectivity index (χ3v) is 16.5. The van der Waals surface area contributed by atoms with E-state index in [9.17, 15) is 15.3 Å². The predicted molar refractivity (Wildman–Crippen MR) is 199 cm³/mol. The Bertz CT molecular complexity index is 798. The molecule has 0 heterocycles. The summed E-state index contributed by atoms with van der Waals surface area (Å²) in [6, 6.07) is 0. The van der Waals surface area contributed by atoms with Crippen LogP contribution < -0.4 is 0 Å². The minimum absolute atomic E-state index is 0.189. The number of carboxylic acid groups (broad SMARTS) is 1. The third-order valence-electron chi connectivity index (χ3n) is 3.72. The smallest absolute Gasteiger partial charge is 0.329 e. The van der Waals surface area contributed by atoms with Crippen molar-refractivity contribution in [2.75, 3.05) is 46.2 Å². The summed E-state index contributed by atoms with van der Waals surface area (Å²) < 4.78 is 26.8. The highest BCUT2D eigenvalue weighted by Gasteiger charge is 2.60. The zero-order chi connectivity index (χ0) is 32.6. The van der Waals surface area contributed by atoms with Gasteiger partial charge in [0.15, 0.2) is 0 Å². The standard InChI is InChI=1S/C17H28O8S12.C2H4O3/c1-5-21-12(26)31-30-11(20)16(9-18,10-19)17(35-32-13(27)22-6-2,36-33-14(28)23-7-3)25-37-34-15(29)24-8-4;3-1-2(4)5/h11,18-20H,5-10H2,1-4H3;3H,1H2,(H,4,5). The molecular weight excluding hydrogens is 789 g/mol. The number of carboxylic acids is 1. The monoisotopic (exact) mass is 820 g/mol. The molecule has 0 saturated carbocycles. The highest BCUT2D eigenvalue weighted by molar-refractivity contribution is 8.92. The van der Waals surface area contributed by atoms with Gasteiger partial charge < -0.3 is 44.5 Å². The number of aliphatic hydroxyl groups excluding tert-OH is 4. The van der Waals surface area contributed by atoms with Gasteiger partial charge in [-0.3, -0.25) is 4.18 Å². The molecule has 5 N–H and O–H groups in total. The van der Waals surface area contributed by atoms with E-state index >= 15 is 0 Å². The lowest BCUT2D eigenvalue weighted by Gasteiger charge is -2.47. The quantitative estimate of drug-likeness (QED) is 0.0492. The van der Waals surface area contributed by atoms with Gasteiger partial charge in [-0.25, -0.2) is 4.79 Å². The first kappa shape index (κ1) is 45.8. The summed E-state index contributed by atoms with van der Waals surface area (Å²) in [5, 5.41) is 47.7. The summed E-state index contributed by atoms with van der Waals surface area (Å²) >= 11 is 21.7.